The van der Waals surface area contributed by atoms with Crippen molar-refractivity contribution in [3.8, 4) is 11.3 Å². The molecule has 0 N–H and O–H groups in total. The minimum atomic E-state index is -0.0576. The van der Waals surface area contributed by atoms with Gasteiger partial charge in [0.1, 0.15) is 0 Å². The van der Waals surface area contributed by atoms with Crippen molar-refractivity contribution in [2.45, 2.75) is 38.5 Å². The number of ketones is 1. The molecule has 3 fully saturated rings. The standard InChI is InChI=1S/C20H22N2O.Tl/c23-19(20-10-7-15(8-11-20)9-12-20)6-5-16-3-1-2-4-17(16)18-13-21-14-22-18;/h1-6,13-15H,7-12H2,(H,21,22,23);/q;+1/p-1. The second-order valence-electron chi connectivity index (χ2n) is 7.25. The van der Waals surface area contributed by atoms with Crippen LogP contribution in [0.4, 0.5) is 0 Å². The number of carbonyl (C=O) groups is 1. The molecule has 3 aliphatic rings. The summed E-state index contributed by atoms with van der Waals surface area (Å²) in [6.07, 6.45) is 14.8. The van der Waals surface area contributed by atoms with Crippen molar-refractivity contribution in [2.75, 3.05) is 0 Å². The predicted molar refractivity (Wildman–Crippen MR) is 96.5 cm³/mol. The number of hydrogen-bond acceptors (Lipinski definition) is 2. The summed E-state index contributed by atoms with van der Waals surface area (Å²) in [5.41, 5.74) is 3.11. The fourth-order valence-electron chi connectivity index (χ4n) is 4.31. The van der Waals surface area contributed by atoms with E-state index < -0.39 is 0 Å². The van der Waals surface area contributed by atoms with Crippen molar-refractivity contribution in [3.05, 3.63) is 48.4 Å². The monoisotopic (exact) mass is 510 g/mol. The van der Waals surface area contributed by atoms with Crippen molar-refractivity contribution in [3.63, 3.8) is 0 Å². The van der Waals surface area contributed by atoms with Gasteiger partial charge in [-0.15, -0.1) is 0 Å². The Balaban J connectivity index is 1.59. The van der Waals surface area contributed by atoms with E-state index in [2.05, 4.69) is 25.7 Å². The molecule has 1 aromatic heterocycles. The van der Waals surface area contributed by atoms with Gasteiger partial charge in [0.2, 0.25) is 0 Å². The molecule has 120 valence electrons. The van der Waals surface area contributed by atoms with Crippen LogP contribution in [0.2, 0.25) is 0 Å². The number of nitrogens with zero attached hydrogens (tertiary/aromatic N) is 2. The average molecular weight is 510 g/mol. The first-order chi connectivity index (χ1) is 11.7. The number of imidazole rings is 1. The van der Waals surface area contributed by atoms with Crippen LogP contribution in [0.1, 0.15) is 44.1 Å². The molecule has 5 rings (SSSR count). The maximum atomic E-state index is 12.9. The second kappa shape index (κ2) is 6.58. The fourth-order valence-corrected chi connectivity index (χ4v) is 5.12. The van der Waals surface area contributed by atoms with Gasteiger partial charge < -0.3 is 0 Å². The number of fused-ring (bicyclic) bond motifs is 3. The van der Waals surface area contributed by atoms with Gasteiger partial charge in [0.05, 0.1) is 0 Å². The van der Waals surface area contributed by atoms with Crippen LogP contribution < -0.4 is 0 Å². The molecule has 3 nitrogen and oxygen atoms in total. The van der Waals surface area contributed by atoms with E-state index in [9.17, 15) is 4.79 Å². The summed E-state index contributed by atoms with van der Waals surface area (Å²) in [7, 11) is 0. The SMILES string of the molecule is O=C(/C=C/c1ccccc1-c1c[n]([Tl])cn1)C12CCC(CC1)CC2. The number of aromatic nitrogens is 2. The minimum absolute atomic E-state index is 0.0576. The van der Waals surface area contributed by atoms with E-state index in [1.807, 2.05) is 30.6 Å². The Morgan fingerprint density at radius 2 is 1.92 bits per heavy atom. The molecule has 1 aromatic carbocycles. The zero-order valence-electron chi connectivity index (χ0n) is 13.8. The number of benzene rings is 1. The Morgan fingerprint density at radius 1 is 1.21 bits per heavy atom. The summed E-state index contributed by atoms with van der Waals surface area (Å²) in [5.74, 6) is 1.23. The summed E-state index contributed by atoms with van der Waals surface area (Å²) in [6, 6.07) is 8.21. The van der Waals surface area contributed by atoms with Gasteiger partial charge >= 0.3 is 160 Å². The Morgan fingerprint density at radius 3 is 2.58 bits per heavy atom. The van der Waals surface area contributed by atoms with Gasteiger partial charge in [-0.2, -0.15) is 0 Å². The fraction of sp³-hybridized carbons (Fsp3) is 0.400. The summed E-state index contributed by atoms with van der Waals surface area (Å²) in [5, 5.41) is 0. The van der Waals surface area contributed by atoms with Gasteiger partial charge in [-0.25, -0.2) is 0 Å². The van der Waals surface area contributed by atoms with Gasteiger partial charge in [0.25, 0.3) is 0 Å². The average Bonchev–Trinajstić information content (AvgIpc) is 3.07. The molecule has 0 radical (unpaired) electrons. The molecule has 2 bridgehead atoms. The van der Waals surface area contributed by atoms with Crippen LogP contribution in [0, 0.1) is 11.3 Å². The molecule has 0 atom stereocenters. The van der Waals surface area contributed by atoms with E-state index in [1.54, 1.807) is 0 Å². The molecule has 3 aliphatic carbocycles. The molecular weight excluding hydrogens is 489 g/mol. The zero-order chi connectivity index (χ0) is 16.6. The van der Waals surface area contributed by atoms with Gasteiger partial charge in [0, 0.05) is 0 Å². The summed E-state index contributed by atoms with van der Waals surface area (Å²) in [4.78, 5) is 17.4. The van der Waals surface area contributed by atoms with E-state index in [-0.39, 0.29) is 5.41 Å². The third-order valence-corrected chi connectivity index (χ3v) is 6.97. The van der Waals surface area contributed by atoms with E-state index >= 15 is 0 Å². The number of carbonyl (C=O) groups excluding carboxylic acids is 1. The zero-order valence-corrected chi connectivity index (χ0v) is 18.3. The van der Waals surface area contributed by atoms with Crippen LogP contribution in [-0.2, 0) is 4.79 Å². The Hall–Kier alpha value is -1.24. The van der Waals surface area contributed by atoms with E-state index in [4.69, 9.17) is 0 Å². The first kappa shape index (κ1) is 16.2. The molecule has 3 saturated carbocycles. The first-order valence-electron chi connectivity index (χ1n) is 8.77. The quantitative estimate of drug-likeness (QED) is 0.461. The van der Waals surface area contributed by atoms with Crippen LogP contribution >= 0.6 is 0 Å². The second-order valence-corrected chi connectivity index (χ2v) is 9.57. The molecule has 1 heterocycles. The van der Waals surface area contributed by atoms with Crippen LogP contribution in [0.25, 0.3) is 17.3 Å². The predicted octanol–water partition coefficient (Wildman–Crippen LogP) is 4.03. The summed E-state index contributed by atoms with van der Waals surface area (Å²) < 4.78 is 2.11. The normalized spacial score (nSPS) is 26.0. The van der Waals surface area contributed by atoms with Crippen LogP contribution in [0.15, 0.2) is 42.9 Å². The third kappa shape index (κ3) is 3.03. The van der Waals surface area contributed by atoms with Crippen LogP contribution in [0.3, 0.4) is 0 Å². The molecule has 2 aromatic rings. The van der Waals surface area contributed by atoms with Gasteiger partial charge in [0.15, 0.2) is 0 Å². The summed E-state index contributed by atoms with van der Waals surface area (Å²) in [6.45, 7) is 0. The van der Waals surface area contributed by atoms with E-state index in [0.717, 1.165) is 68.1 Å². The number of allylic oxidation sites excluding steroid dienone is 1. The van der Waals surface area contributed by atoms with E-state index in [1.165, 1.54) is 19.3 Å². The number of hydrogen-bond donors (Lipinski definition) is 0. The Bertz CT molecular complexity index is 771. The molecule has 0 aliphatic heterocycles. The maximum absolute atomic E-state index is 12.9. The first-order valence-corrected chi connectivity index (χ1v) is 10.8. The van der Waals surface area contributed by atoms with E-state index in [0.29, 0.717) is 5.78 Å². The van der Waals surface area contributed by atoms with Crippen molar-refractivity contribution < 1.29 is 4.79 Å². The van der Waals surface area contributed by atoms with Crippen molar-refractivity contribution >= 4 is 37.9 Å². The van der Waals surface area contributed by atoms with Gasteiger partial charge in [-0.1, -0.05) is 0 Å². The molecule has 24 heavy (non-hydrogen) atoms. The number of rotatable bonds is 4. The summed E-state index contributed by atoms with van der Waals surface area (Å²) >= 11 is 0.723. The van der Waals surface area contributed by atoms with Crippen molar-refractivity contribution in [2.24, 2.45) is 11.3 Å². The van der Waals surface area contributed by atoms with Crippen LogP contribution in [-0.4, -0.2) is 39.2 Å². The van der Waals surface area contributed by atoms with Crippen molar-refractivity contribution in [1.29, 1.82) is 0 Å². The Kier molecular flexibility index (Phi) is 4.45. The van der Waals surface area contributed by atoms with Crippen LogP contribution in [0.5, 0.6) is 0 Å². The topological polar surface area (TPSA) is 34.9 Å². The molecular formula is C20H21N2OTl. The third-order valence-electron chi connectivity index (χ3n) is 5.87. The van der Waals surface area contributed by atoms with Crippen molar-refractivity contribution in [1.82, 2.24) is 7.36 Å². The molecule has 0 amide bonds. The van der Waals surface area contributed by atoms with Gasteiger partial charge in [-0.3, -0.25) is 0 Å². The molecule has 4 heteroatoms. The Labute approximate surface area is 159 Å². The molecule has 0 unspecified atom stereocenters. The molecule has 0 saturated heterocycles. The molecule has 0 spiro atoms. The van der Waals surface area contributed by atoms with Gasteiger partial charge in [-0.05, 0) is 0 Å².